The van der Waals surface area contributed by atoms with Gasteiger partial charge in [0.2, 0.25) is 0 Å². The van der Waals surface area contributed by atoms with Gasteiger partial charge < -0.3 is 9.47 Å². The highest BCUT2D eigenvalue weighted by Crippen LogP contribution is 2.25. The lowest BCUT2D eigenvalue weighted by atomic mass is 10.00. The molecule has 4 aromatic rings. The van der Waals surface area contributed by atoms with Gasteiger partial charge in [-0.15, -0.1) is 26.3 Å². The molecule has 0 aromatic heterocycles. The van der Waals surface area contributed by atoms with Crippen LogP contribution < -0.4 is 0 Å². The molecule has 0 atom stereocenters. The highest BCUT2D eigenvalue weighted by atomic mass is 16.6. The van der Waals surface area contributed by atoms with E-state index in [4.69, 9.17) is 9.47 Å². The Morgan fingerprint density at radius 1 is 0.477 bits per heavy atom. The Labute approximate surface area is 264 Å². The van der Waals surface area contributed by atoms with Gasteiger partial charge in [-0.1, -0.05) is 121 Å². The minimum atomic E-state index is -0.454. The van der Waals surface area contributed by atoms with Gasteiger partial charge in [0.05, 0.1) is 11.1 Å². The third-order valence-corrected chi connectivity index (χ3v) is 5.01. The van der Waals surface area contributed by atoms with Crippen LogP contribution in [0.2, 0.25) is 0 Å². The zero-order chi connectivity index (χ0) is 33.0. The molecule has 0 aliphatic heterocycles. The molecule has 0 saturated heterocycles. The molecule has 4 aromatic carbocycles. The van der Waals surface area contributed by atoms with Crippen LogP contribution in [0, 0.1) is 0 Å². The minimum Gasteiger partial charge on any atom is -0.458 e. The quantitative estimate of drug-likeness (QED) is 0.122. The molecule has 0 radical (unpaired) electrons. The maximum absolute atomic E-state index is 12.6. The fraction of sp³-hybridized carbons (Fsp3) is 0.150. The van der Waals surface area contributed by atoms with Gasteiger partial charge in [-0.3, -0.25) is 0 Å². The first-order valence-corrected chi connectivity index (χ1v) is 14.3. The Balaban J connectivity index is 0.00000134. The van der Waals surface area contributed by atoms with Crippen molar-refractivity contribution in [1.29, 1.82) is 0 Å². The summed E-state index contributed by atoms with van der Waals surface area (Å²) in [6, 6.07) is 33.9. The first-order valence-electron chi connectivity index (χ1n) is 14.3. The number of rotatable bonds is 7. The number of ether oxygens (including phenoxy) is 2. The lowest BCUT2D eigenvalue weighted by Crippen LogP contribution is -2.15. The van der Waals surface area contributed by atoms with Gasteiger partial charge in [-0.05, 0) is 62.1 Å². The molecule has 0 heterocycles. The Morgan fingerprint density at radius 3 is 1.02 bits per heavy atom. The molecule has 0 spiro atoms. The molecular weight excluding hydrogens is 544 g/mol. The van der Waals surface area contributed by atoms with E-state index >= 15 is 0 Å². The maximum Gasteiger partial charge on any atom is 0.338 e. The predicted octanol–water partition coefficient (Wildman–Crippen LogP) is 10.8. The summed E-state index contributed by atoms with van der Waals surface area (Å²) in [6.45, 7) is 20.9. The second-order valence-electron chi connectivity index (χ2n) is 8.73. The van der Waals surface area contributed by atoms with Gasteiger partial charge in [0, 0.05) is 0 Å². The van der Waals surface area contributed by atoms with Crippen molar-refractivity contribution in [3.63, 3.8) is 0 Å². The number of benzene rings is 4. The topological polar surface area (TPSA) is 52.6 Å². The largest absolute Gasteiger partial charge is 0.458 e. The monoisotopic (exact) mass is 590 g/mol. The highest BCUT2D eigenvalue weighted by Gasteiger charge is 2.16. The van der Waals surface area contributed by atoms with Gasteiger partial charge >= 0.3 is 11.9 Å². The third kappa shape index (κ3) is 15.1. The van der Waals surface area contributed by atoms with Crippen molar-refractivity contribution < 1.29 is 19.1 Å². The Kier molecular flexibility index (Phi) is 22.5. The SMILES string of the molecule is C=CC.C=CC.C=CC.C=CC.O=C(OCCOC(=O)c1ccccc1-c1ccccc1)c1ccccc1-c1ccccc1. The van der Waals surface area contributed by atoms with Crippen LogP contribution in [-0.2, 0) is 9.47 Å². The van der Waals surface area contributed by atoms with Crippen molar-refractivity contribution in [2.24, 2.45) is 0 Å². The van der Waals surface area contributed by atoms with Crippen LogP contribution in [0.15, 0.2) is 160 Å². The standard InChI is InChI=1S/C28H22O4.4C3H6/c29-27(25-17-9-7-15-23(25)21-11-3-1-4-12-21)31-19-20-32-28(30)26-18-10-8-16-24(26)22-13-5-2-6-14-22;4*1-3-2/h1-18H,19-20H2;4*3H,1H2,2H3. The highest BCUT2D eigenvalue weighted by molar-refractivity contribution is 5.98. The van der Waals surface area contributed by atoms with Gasteiger partial charge in [0.1, 0.15) is 13.2 Å². The van der Waals surface area contributed by atoms with Crippen LogP contribution in [-0.4, -0.2) is 25.2 Å². The molecule has 0 N–H and O–H groups in total. The first kappa shape index (κ1) is 38.8. The van der Waals surface area contributed by atoms with Crippen LogP contribution in [0.25, 0.3) is 22.3 Å². The number of hydrogen-bond donors (Lipinski definition) is 0. The first-order chi connectivity index (χ1) is 21.4. The summed E-state index contributed by atoms with van der Waals surface area (Å²) in [7, 11) is 0. The zero-order valence-corrected chi connectivity index (χ0v) is 26.6. The lowest BCUT2D eigenvalue weighted by molar-refractivity contribution is 0.0266. The fourth-order valence-corrected chi connectivity index (χ4v) is 3.49. The Morgan fingerprint density at radius 2 is 0.727 bits per heavy atom. The summed E-state index contributed by atoms with van der Waals surface area (Å²) in [6.07, 6.45) is 7.00. The molecule has 0 amide bonds. The summed E-state index contributed by atoms with van der Waals surface area (Å²) in [5.74, 6) is -0.907. The zero-order valence-electron chi connectivity index (χ0n) is 26.6. The van der Waals surface area contributed by atoms with E-state index in [0.29, 0.717) is 11.1 Å². The van der Waals surface area contributed by atoms with E-state index < -0.39 is 11.9 Å². The van der Waals surface area contributed by atoms with Crippen molar-refractivity contribution in [1.82, 2.24) is 0 Å². The number of carbonyl (C=O) groups is 2. The van der Waals surface area contributed by atoms with Crippen molar-refractivity contribution in [2.45, 2.75) is 27.7 Å². The summed E-state index contributed by atoms with van der Waals surface area (Å²) < 4.78 is 10.8. The van der Waals surface area contributed by atoms with Crippen molar-refractivity contribution >= 4 is 11.9 Å². The molecule has 4 rings (SSSR count). The van der Waals surface area contributed by atoms with Crippen molar-refractivity contribution in [3.05, 3.63) is 171 Å². The number of hydrogen-bond acceptors (Lipinski definition) is 4. The van der Waals surface area contributed by atoms with Crippen LogP contribution in [0.3, 0.4) is 0 Å². The van der Waals surface area contributed by atoms with E-state index in [9.17, 15) is 9.59 Å². The average molecular weight is 591 g/mol. The van der Waals surface area contributed by atoms with Crippen LogP contribution in [0.4, 0.5) is 0 Å². The number of carbonyl (C=O) groups excluding carboxylic acids is 2. The molecule has 0 unspecified atom stereocenters. The van der Waals surface area contributed by atoms with Gasteiger partial charge in [-0.2, -0.15) is 0 Å². The molecule has 0 saturated carbocycles. The summed E-state index contributed by atoms with van der Waals surface area (Å²) >= 11 is 0. The van der Waals surface area contributed by atoms with Crippen LogP contribution in [0.5, 0.6) is 0 Å². The Hall–Kier alpha value is -5.22. The molecule has 0 fully saturated rings. The average Bonchev–Trinajstić information content (AvgIpc) is 3.05. The van der Waals surface area contributed by atoms with E-state index in [0.717, 1.165) is 22.3 Å². The summed E-state index contributed by atoms with van der Waals surface area (Å²) in [5.41, 5.74) is 4.41. The lowest BCUT2D eigenvalue weighted by Gasteiger charge is -2.11. The van der Waals surface area contributed by atoms with E-state index in [1.54, 1.807) is 48.6 Å². The fourth-order valence-electron chi connectivity index (χ4n) is 3.49. The van der Waals surface area contributed by atoms with E-state index in [1.807, 2.05) is 113 Å². The van der Waals surface area contributed by atoms with E-state index in [1.165, 1.54) is 0 Å². The molecule has 0 bridgehead atoms. The molecular formula is C40H46O4. The molecule has 230 valence electrons. The normalized spacial score (nSPS) is 8.73. The molecule has 0 aliphatic rings. The molecule has 44 heavy (non-hydrogen) atoms. The van der Waals surface area contributed by atoms with E-state index in [2.05, 4.69) is 26.3 Å². The van der Waals surface area contributed by atoms with Crippen molar-refractivity contribution in [3.8, 4) is 22.3 Å². The Bertz CT molecular complexity index is 1270. The molecule has 4 nitrogen and oxygen atoms in total. The van der Waals surface area contributed by atoms with Gasteiger partial charge in [0.15, 0.2) is 0 Å². The molecule has 0 aliphatic carbocycles. The summed E-state index contributed by atoms with van der Waals surface area (Å²) in [4.78, 5) is 25.3. The maximum atomic E-state index is 12.6. The predicted molar refractivity (Wildman–Crippen MR) is 188 cm³/mol. The van der Waals surface area contributed by atoms with Gasteiger partial charge in [0.25, 0.3) is 0 Å². The smallest absolute Gasteiger partial charge is 0.338 e. The second-order valence-corrected chi connectivity index (χ2v) is 8.73. The number of esters is 2. The second kappa shape index (κ2) is 25.5. The third-order valence-electron chi connectivity index (χ3n) is 5.01. The van der Waals surface area contributed by atoms with Gasteiger partial charge in [-0.25, -0.2) is 9.59 Å². The van der Waals surface area contributed by atoms with Crippen molar-refractivity contribution in [2.75, 3.05) is 13.2 Å². The number of allylic oxidation sites excluding steroid dienone is 4. The van der Waals surface area contributed by atoms with Crippen LogP contribution in [0.1, 0.15) is 48.4 Å². The summed E-state index contributed by atoms with van der Waals surface area (Å²) in [5, 5.41) is 0. The van der Waals surface area contributed by atoms with E-state index in [-0.39, 0.29) is 13.2 Å². The minimum absolute atomic E-state index is 0.0266. The molecule has 4 heteroatoms. The van der Waals surface area contributed by atoms with Crippen LogP contribution >= 0.6 is 0 Å².